The van der Waals surface area contributed by atoms with Crippen LogP contribution in [0, 0.1) is 0 Å². The number of hydrogen-bond donors (Lipinski definition) is 4. The van der Waals surface area contributed by atoms with Gasteiger partial charge in [-0.3, -0.25) is 15.3 Å². The summed E-state index contributed by atoms with van der Waals surface area (Å²) in [6.45, 7) is 0. The van der Waals surface area contributed by atoms with E-state index in [1.165, 1.54) is 0 Å². The van der Waals surface area contributed by atoms with Gasteiger partial charge in [0, 0.05) is 11.1 Å². The zero-order valence-electron chi connectivity index (χ0n) is 11.5. The quantitative estimate of drug-likeness (QED) is 0.544. The summed E-state index contributed by atoms with van der Waals surface area (Å²) < 4.78 is 0. The number of carbonyl (C=O) groups is 2. The standard InChI is InChI=1S/C15H13N5O2/c21-14(13-11-8-4-5-9-12(11)17-18-13)19-20-15(22)16-10-6-2-1-3-7-10/h1-9H,(H,17,18)(H,19,21)(H2,16,20,22). The van der Waals surface area contributed by atoms with Crippen LogP contribution in [-0.4, -0.2) is 22.1 Å². The van der Waals surface area contributed by atoms with Crippen molar-refractivity contribution in [2.75, 3.05) is 5.32 Å². The summed E-state index contributed by atoms with van der Waals surface area (Å²) in [4.78, 5) is 23.7. The Morgan fingerprint density at radius 3 is 2.45 bits per heavy atom. The van der Waals surface area contributed by atoms with Gasteiger partial charge in [-0.25, -0.2) is 10.2 Å². The van der Waals surface area contributed by atoms with Crippen LogP contribution in [0.15, 0.2) is 54.6 Å². The number of amides is 3. The van der Waals surface area contributed by atoms with Crippen LogP contribution in [0.25, 0.3) is 10.9 Å². The molecule has 22 heavy (non-hydrogen) atoms. The van der Waals surface area contributed by atoms with Crippen molar-refractivity contribution in [1.29, 1.82) is 0 Å². The summed E-state index contributed by atoms with van der Waals surface area (Å²) in [5.41, 5.74) is 6.19. The molecule has 3 amide bonds. The van der Waals surface area contributed by atoms with Crippen LogP contribution in [-0.2, 0) is 0 Å². The number of hydrogen-bond acceptors (Lipinski definition) is 3. The average molecular weight is 295 g/mol. The van der Waals surface area contributed by atoms with E-state index in [1.54, 1.807) is 30.3 Å². The Morgan fingerprint density at radius 1 is 0.909 bits per heavy atom. The monoisotopic (exact) mass is 295 g/mol. The first kappa shape index (κ1) is 13.6. The number of aromatic amines is 1. The van der Waals surface area contributed by atoms with Crippen molar-refractivity contribution in [2.24, 2.45) is 0 Å². The highest BCUT2D eigenvalue weighted by molar-refractivity contribution is 6.05. The molecular weight excluding hydrogens is 282 g/mol. The molecule has 0 saturated carbocycles. The summed E-state index contributed by atoms with van der Waals surface area (Å²) in [6.07, 6.45) is 0. The minimum Gasteiger partial charge on any atom is -0.307 e. The van der Waals surface area contributed by atoms with E-state index in [0.29, 0.717) is 11.1 Å². The molecular formula is C15H13N5O2. The van der Waals surface area contributed by atoms with Crippen LogP contribution in [0.3, 0.4) is 0 Å². The van der Waals surface area contributed by atoms with Gasteiger partial charge in [0.25, 0.3) is 5.91 Å². The van der Waals surface area contributed by atoms with Crippen LogP contribution in [0.5, 0.6) is 0 Å². The molecule has 7 heteroatoms. The molecule has 0 atom stereocenters. The van der Waals surface area contributed by atoms with Crippen LogP contribution in [0.4, 0.5) is 10.5 Å². The predicted octanol–water partition coefficient (Wildman–Crippen LogP) is 2.03. The van der Waals surface area contributed by atoms with E-state index in [1.807, 2.05) is 24.3 Å². The fourth-order valence-electron chi connectivity index (χ4n) is 1.99. The van der Waals surface area contributed by atoms with Gasteiger partial charge in [0.15, 0.2) is 5.69 Å². The lowest BCUT2D eigenvalue weighted by atomic mass is 10.2. The van der Waals surface area contributed by atoms with Gasteiger partial charge in [-0.2, -0.15) is 5.10 Å². The van der Waals surface area contributed by atoms with E-state index < -0.39 is 11.9 Å². The molecule has 0 radical (unpaired) electrons. The SMILES string of the molecule is O=C(NNC(=O)c1n[nH]c2ccccc12)Nc1ccccc1. The molecule has 0 unspecified atom stereocenters. The molecule has 3 aromatic rings. The van der Waals surface area contributed by atoms with Crippen LogP contribution < -0.4 is 16.2 Å². The van der Waals surface area contributed by atoms with Crippen LogP contribution in [0.2, 0.25) is 0 Å². The number of benzene rings is 2. The normalized spacial score (nSPS) is 10.2. The summed E-state index contributed by atoms with van der Waals surface area (Å²) in [5.74, 6) is -0.499. The number of rotatable bonds is 2. The summed E-state index contributed by atoms with van der Waals surface area (Å²) in [6, 6.07) is 15.6. The van der Waals surface area contributed by atoms with Gasteiger partial charge < -0.3 is 5.32 Å². The number of urea groups is 1. The smallest absolute Gasteiger partial charge is 0.307 e. The third kappa shape index (κ3) is 2.88. The highest BCUT2D eigenvalue weighted by atomic mass is 16.2. The molecule has 0 aliphatic heterocycles. The van der Waals surface area contributed by atoms with Gasteiger partial charge in [0.1, 0.15) is 0 Å². The van der Waals surface area contributed by atoms with E-state index in [-0.39, 0.29) is 5.69 Å². The Morgan fingerprint density at radius 2 is 1.64 bits per heavy atom. The van der Waals surface area contributed by atoms with Crippen molar-refractivity contribution in [2.45, 2.75) is 0 Å². The van der Waals surface area contributed by atoms with Crippen molar-refractivity contribution in [1.82, 2.24) is 21.0 Å². The molecule has 0 bridgehead atoms. The Labute approximate surface area is 125 Å². The van der Waals surface area contributed by atoms with Crippen LogP contribution in [0.1, 0.15) is 10.5 Å². The lowest BCUT2D eigenvalue weighted by Crippen LogP contribution is -2.44. The zero-order valence-corrected chi connectivity index (χ0v) is 11.5. The third-order valence-electron chi connectivity index (χ3n) is 3.01. The molecule has 2 aromatic carbocycles. The average Bonchev–Trinajstić information content (AvgIpc) is 2.98. The van der Waals surface area contributed by atoms with Gasteiger partial charge in [-0.15, -0.1) is 0 Å². The number of hydrazine groups is 1. The fraction of sp³-hybridized carbons (Fsp3) is 0. The van der Waals surface area contributed by atoms with Crippen molar-refractivity contribution >= 4 is 28.5 Å². The lowest BCUT2D eigenvalue weighted by molar-refractivity contribution is 0.0934. The number of aromatic nitrogens is 2. The van der Waals surface area contributed by atoms with Gasteiger partial charge in [-0.1, -0.05) is 36.4 Å². The highest BCUT2D eigenvalue weighted by Gasteiger charge is 2.14. The first-order valence-electron chi connectivity index (χ1n) is 6.59. The molecule has 0 spiro atoms. The van der Waals surface area contributed by atoms with Crippen LogP contribution >= 0.6 is 0 Å². The number of nitrogens with zero attached hydrogens (tertiary/aromatic N) is 1. The molecule has 110 valence electrons. The van der Waals surface area contributed by atoms with Gasteiger partial charge in [-0.05, 0) is 18.2 Å². The molecule has 3 rings (SSSR count). The second kappa shape index (κ2) is 5.96. The molecule has 7 nitrogen and oxygen atoms in total. The molecule has 0 saturated heterocycles. The molecule has 0 aliphatic carbocycles. The molecule has 1 heterocycles. The summed E-state index contributed by atoms with van der Waals surface area (Å²) in [5, 5.41) is 9.98. The van der Waals surface area contributed by atoms with Gasteiger partial charge in [0.05, 0.1) is 5.52 Å². The molecule has 0 fully saturated rings. The predicted molar refractivity (Wildman–Crippen MR) is 82.2 cm³/mol. The first-order chi connectivity index (χ1) is 10.7. The maximum atomic E-state index is 12.0. The Kier molecular flexibility index (Phi) is 3.69. The van der Waals surface area contributed by atoms with Gasteiger partial charge >= 0.3 is 6.03 Å². The Bertz CT molecular complexity index is 813. The summed E-state index contributed by atoms with van der Waals surface area (Å²) >= 11 is 0. The van der Waals surface area contributed by atoms with E-state index >= 15 is 0 Å². The van der Waals surface area contributed by atoms with E-state index in [2.05, 4.69) is 26.4 Å². The maximum Gasteiger partial charge on any atom is 0.337 e. The molecule has 4 N–H and O–H groups in total. The Hall–Kier alpha value is -3.35. The van der Waals surface area contributed by atoms with E-state index in [4.69, 9.17) is 0 Å². The van der Waals surface area contributed by atoms with E-state index in [0.717, 1.165) is 5.52 Å². The largest absolute Gasteiger partial charge is 0.337 e. The molecule has 0 aliphatic rings. The minimum atomic E-state index is -0.542. The second-order valence-electron chi connectivity index (χ2n) is 4.52. The number of carbonyl (C=O) groups excluding carboxylic acids is 2. The number of nitrogens with one attached hydrogen (secondary N) is 4. The van der Waals surface area contributed by atoms with Crippen molar-refractivity contribution in [3.63, 3.8) is 0 Å². The molecule has 1 aromatic heterocycles. The van der Waals surface area contributed by atoms with Crippen molar-refractivity contribution < 1.29 is 9.59 Å². The second-order valence-corrected chi connectivity index (χ2v) is 4.52. The minimum absolute atomic E-state index is 0.218. The maximum absolute atomic E-state index is 12.0. The van der Waals surface area contributed by atoms with Crippen molar-refractivity contribution in [3.05, 3.63) is 60.3 Å². The number of H-pyrrole nitrogens is 1. The van der Waals surface area contributed by atoms with E-state index in [9.17, 15) is 9.59 Å². The highest BCUT2D eigenvalue weighted by Crippen LogP contribution is 2.14. The third-order valence-corrected chi connectivity index (χ3v) is 3.01. The number of fused-ring (bicyclic) bond motifs is 1. The number of anilines is 1. The van der Waals surface area contributed by atoms with Crippen molar-refractivity contribution in [3.8, 4) is 0 Å². The van der Waals surface area contributed by atoms with Gasteiger partial charge in [0.2, 0.25) is 0 Å². The lowest BCUT2D eigenvalue weighted by Gasteiger charge is -2.08. The topological polar surface area (TPSA) is 98.9 Å². The number of para-hydroxylation sites is 2. The first-order valence-corrected chi connectivity index (χ1v) is 6.59. The zero-order chi connectivity index (χ0) is 15.4. The Balaban J connectivity index is 1.61. The summed E-state index contributed by atoms with van der Waals surface area (Å²) in [7, 11) is 0. The fourth-order valence-corrected chi connectivity index (χ4v) is 1.99.